The average Bonchev–Trinajstić information content (AvgIpc) is 2.61. The second kappa shape index (κ2) is 9.04. The van der Waals surface area contributed by atoms with Crippen LogP contribution in [0.5, 0.6) is 5.75 Å². The Morgan fingerprint density at radius 2 is 2.00 bits per heavy atom. The van der Waals surface area contributed by atoms with Crippen LogP contribution in [0.25, 0.3) is 0 Å². The number of hydrogen-bond acceptors (Lipinski definition) is 5. The van der Waals surface area contributed by atoms with Crippen molar-refractivity contribution in [1.82, 2.24) is 15.7 Å². The molecule has 1 heterocycles. The lowest BCUT2D eigenvalue weighted by molar-refractivity contribution is -0.129. The molecule has 0 unspecified atom stereocenters. The Morgan fingerprint density at radius 3 is 2.67 bits per heavy atom. The van der Waals surface area contributed by atoms with Gasteiger partial charge in [-0.3, -0.25) is 14.6 Å². The van der Waals surface area contributed by atoms with Gasteiger partial charge in [0.25, 0.3) is 0 Å². The van der Waals surface area contributed by atoms with Gasteiger partial charge in [0.2, 0.25) is 11.8 Å². The minimum atomic E-state index is -0.483. The van der Waals surface area contributed by atoms with E-state index in [1.54, 1.807) is 49.8 Å². The fraction of sp³-hybridized carbons (Fsp3) is 0.176. The molecule has 24 heavy (non-hydrogen) atoms. The molecule has 1 aromatic heterocycles. The van der Waals surface area contributed by atoms with E-state index >= 15 is 0 Å². The Balaban J connectivity index is 1.71. The molecule has 0 radical (unpaired) electrons. The van der Waals surface area contributed by atoms with Crippen molar-refractivity contribution in [3.8, 4) is 5.75 Å². The Kier molecular flexibility index (Phi) is 6.46. The number of benzene rings is 1. The topological polar surface area (TPSA) is 92.7 Å². The zero-order chi connectivity index (χ0) is 17.2. The highest BCUT2D eigenvalue weighted by Gasteiger charge is 2.08. The largest absolute Gasteiger partial charge is 0.497 e. The number of carbonyl (C=O) groups excluding carboxylic acids is 2. The summed E-state index contributed by atoms with van der Waals surface area (Å²) in [5.41, 5.74) is 3.98. The molecule has 0 aliphatic heterocycles. The first-order valence-corrected chi connectivity index (χ1v) is 7.29. The first-order chi connectivity index (χ1) is 11.7. The highest BCUT2D eigenvalue weighted by molar-refractivity contribution is 5.97. The van der Waals surface area contributed by atoms with Gasteiger partial charge in [0.05, 0.1) is 13.3 Å². The third kappa shape index (κ3) is 5.88. The Morgan fingerprint density at radius 1 is 1.21 bits per heavy atom. The highest BCUT2D eigenvalue weighted by atomic mass is 16.5. The van der Waals surface area contributed by atoms with E-state index in [9.17, 15) is 9.59 Å². The molecule has 0 spiro atoms. The van der Waals surface area contributed by atoms with Crippen molar-refractivity contribution in [1.29, 1.82) is 0 Å². The molecule has 2 aromatic rings. The van der Waals surface area contributed by atoms with Crippen LogP contribution in [0.4, 0.5) is 0 Å². The van der Waals surface area contributed by atoms with Gasteiger partial charge in [-0.05, 0) is 41.5 Å². The molecule has 0 fully saturated rings. The fourth-order valence-electron chi connectivity index (χ4n) is 1.82. The van der Waals surface area contributed by atoms with Crippen molar-refractivity contribution >= 4 is 18.0 Å². The van der Waals surface area contributed by atoms with Crippen molar-refractivity contribution in [2.45, 2.75) is 13.0 Å². The molecule has 0 aliphatic rings. The van der Waals surface area contributed by atoms with Gasteiger partial charge in [0.15, 0.2) is 0 Å². The van der Waals surface area contributed by atoms with Crippen LogP contribution in [0.3, 0.4) is 0 Å². The fourth-order valence-corrected chi connectivity index (χ4v) is 1.82. The predicted molar refractivity (Wildman–Crippen MR) is 89.4 cm³/mol. The standard InChI is InChI=1S/C17H18N4O3/c1-24-15-6-4-13(5-7-15)12-20-21-17(23)9-16(22)19-11-14-3-2-8-18-10-14/h2-8,10,12H,9,11H2,1H3,(H,19,22)(H,21,23)/b20-12+. The van der Waals surface area contributed by atoms with Gasteiger partial charge >= 0.3 is 0 Å². The molecule has 0 saturated heterocycles. The minimum Gasteiger partial charge on any atom is -0.497 e. The van der Waals surface area contributed by atoms with Crippen molar-refractivity contribution in [2.75, 3.05) is 7.11 Å². The molecule has 1 aromatic carbocycles. The number of amides is 2. The first-order valence-electron chi connectivity index (χ1n) is 7.29. The number of ether oxygens (including phenoxy) is 1. The third-order valence-corrected chi connectivity index (χ3v) is 3.05. The first kappa shape index (κ1) is 17.1. The smallest absolute Gasteiger partial charge is 0.249 e. The number of nitrogens with zero attached hydrogens (tertiary/aromatic N) is 2. The van der Waals surface area contributed by atoms with Crippen LogP contribution < -0.4 is 15.5 Å². The Labute approximate surface area is 139 Å². The van der Waals surface area contributed by atoms with Crippen LogP contribution in [0.2, 0.25) is 0 Å². The van der Waals surface area contributed by atoms with E-state index in [1.165, 1.54) is 6.21 Å². The quantitative estimate of drug-likeness (QED) is 0.455. The molecule has 2 N–H and O–H groups in total. The Hall–Kier alpha value is -3.22. The Bertz CT molecular complexity index is 700. The summed E-state index contributed by atoms with van der Waals surface area (Å²) in [6.45, 7) is 0.328. The zero-order valence-corrected chi connectivity index (χ0v) is 13.2. The van der Waals surface area contributed by atoms with E-state index in [0.29, 0.717) is 6.54 Å². The molecular weight excluding hydrogens is 308 g/mol. The molecule has 2 amide bonds. The summed E-state index contributed by atoms with van der Waals surface area (Å²) >= 11 is 0. The summed E-state index contributed by atoms with van der Waals surface area (Å²) in [5, 5.41) is 6.46. The maximum absolute atomic E-state index is 11.7. The molecule has 0 atom stereocenters. The van der Waals surface area contributed by atoms with E-state index in [1.807, 2.05) is 6.07 Å². The van der Waals surface area contributed by atoms with Crippen LogP contribution in [0.1, 0.15) is 17.5 Å². The number of rotatable bonds is 7. The van der Waals surface area contributed by atoms with E-state index in [2.05, 4.69) is 20.8 Å². The average molecular weight is 326 g/mol. The molecule has 0 saturated carbocycles. The second-order valence-corrected chi connectivity index (χ2v) is 4.88. The molecule has 2 rings (SSSR count). The van der Waals surface area contributed by atoms with Crippen molar-refractivity contribution < 1.29 is 14.3 Å². The van der Waals surface area contributed by atoms with E-state index in [4.69, 9.17) is 4.74 Å². The van der Waals surface area contributed by atoms with Gasteiger partial charge in [0.1, 0.15) is 12.2 Å². The lowest BCUT2D eigenvalue weighted by Gasteiger charge is -2.04. The lowest BCUT2D eigenvalue weighted by Crippen LogP contribution is -2.29. The van der Waals surface area contributed by atoms with Crippen molar-refractivity contribution in [3.63, 3.8) is 0 Å². The van der Waals surface area contributed by atoms with Crippen LogP contribution in [-0.4, -0.2) is 30.1 Å². The molecule has 124 valence electrons. The highest BCUT2D eigenvalue weighted by Crippen LogP contribution is 2.09. The van der Waals surface area contributed by atoms with Crippen LogP contribution in [0.15, 0.2) is 53.9 Å². The number of aromatic nitrogens is 1. The summed E-state index contributed by atoms with van der Waals surface area (Å²) in [6.07, 6.45) is 4.50. The predicted octanol–water partition coefficient (Wildman–Crippen LogP) is 1.25. The van der Waals surface area contributed by atoms with Crippen LogP contribution in [0, 0.1) is 0 Å². The zero-order valence-electron chi connectivity index (χ0n) is 13.2. The van der Waals surface area contributed by atoms with Gasteiger partial charge in [-0.2, -0.15) is 5.10 Å². The summed E-state index contributed by atoms with van der Waals surface area (Å²) in [7, 11) is 1.59. The lowest BCUT2D eigenvalue weighted by atomic mass is 10.2. The number of methoxy groups -OCH3 is 1. The SMILES string of the molecule is COc1ccc(/C=N/NC(=O)CC(=O)NCc2cccnc2)cc1. The van der Waals surface area contributed by atoms with Gasteiger partial charge in [-0.25, -0.2) is 5.43 Å². The second-order valence-electron chi connectivity index (χ2n) is 4.88. The van der Waals surface area contributed by atoms with Crippen LogP contribution in [-0.2, 0) is 16.1 Å². The van der Waals surface area contributed by atoms with E-state index < -0.39 is 5.91 Å². The number of carbonyl (C=O) groups is 2. The van der Waals surface area contributed by atoms with E-state index in [0.717, 1.165) is 16.9 Å². The number of pyridine rings is 1. The molecule has 7 heteroatoms. The maximum atomic E-state index is 11.7. The number of hydrogen-bond donors (Lipinski definition) is 2. The van der Waals surface area contributed by atoms with Crippen molar-refractivity contribution in [2.24, 2.45) is 5.10 Å². The third-order valence-electron chi connectivity index (χ3n) is 3.05. The monoisotopic (exact) mass is 326 g/mol. The number of nitrogens with one attached hydrogen (secondary N) is 2. The summed E-state index contributed by atoms with van der Waals surface area (Å²) < 4.78 is 5.05. The minimum absolute atomic E-state index is 0.291. The maximum Gasteiger partial charge on any atom is 0.249 e. The summed E-state index contributed by atoms with van der Waals surface area (Å²) in [6, 6.07) is 10.8. The summed E-state index contributed by atoms with van der Waals surface area (Å²) in [5.74, 6) is -0.124. The van der Waals surface area contributed by atoms with Crippen molar-refractivity contribution in [3.05, 3.63) is 59.9 Å². The molecular formula is C17H18N4O3. The molecule has 7 nitrogen and oxygen atoms in total. The van der Waals surface area contributed by atoms with Gasteiger partial charge in [0, 0.05) is 18.9 Å². The summed E-state index contributed by atoms with van der Waals surface area (Å²) in [4.78, 5) is 27.3. The normalized spacial score (nSPS) is 10.4. The van der Waals surface area contributed by atoms with Gasteiger partial charge in [-0.1, -0.05) is 6.07 Å². The van der Waals surface area contributed by atoms with Gasteiger partial charge in [-0.15, -0.1) is 0 Å². The van der Waals surface area contributed by atoms with Gasteiger partial charge < -0.3 is 10.1 Å². The molecule has 0 aliphatic carbocycles. The number of hydrazone groups is 1. The van der Waals surface area contributed by atoms with E-state index in [-0.39, 0.29) is 12.3 Å². The molecule has 0 bridgehead atoms. The van der Waals surface area contributed by atoms with Crippen LogP contribution >= 0.6 is 0 Å².